The third kappa shape index (κ3) is 2.40. The first-order valence-corrected chi connectivity index (χ1v) is 6.34. The van der Waals surface area contributed by atoms with Gasteiger partial charge in [0, 0.05) is 17.1 Å². The van der Waals surface area contributed by atoms with Gasteiger partial charge in [0.25, 0.3) is 0 Å². The summed E-state index contributed by atoms with van der Waals surface area (Å²) in [6.45, 7) is 0.556. The van der Waals surface area contributed by atoms with Crippen LogP contribution in [0.5, 0.6) is 11.5 Å². The van der Waals surface area contributed by atoms with Gasteiger partial charge in [-0.25, -0.2) is 0 Å². The molecule has 0 aliphatic rings. The molecule has 2 N–H and O–H groups in total. The van der Waals surface area contributed by atoms with Crippen molar-refractivity contribution >= 4 is 16.7 Å². The van der Waals surface area contributed by atoms with Gasteiger partial charge >= 0.3 is 0 Å². The number of phenols is 1. The van der Waals surface area contributed by atoms with Crippen molar-refractivity contribution in [1.29, 1.82) is 0 Å². The molecule has 1 aromatic heterocycles. The topological polar surface area (TPSA) is 54.6 Å². The Morgan fingerprint density at radius 1 is 1.15 bits per heavy atom. The molecule has 0 fully saturated rings. The van der Waals surface area contributed by atoms with Gasteiger partial charge in [-0.1, -0.05) is 18.2 Å². The molecule has 20 heavy (non-hydrogen) atoms. The van der Waals surface area contributed by atoms with Gasteiger partial charge in [0.05, 0.1) is 13.7 Å². The molecule has 4 nitrogen and oxygen atoms in total. The molecular weight excluding hydrogens is 254 g/mol. The summed E-state index contributed by atoms with van der Waals surface area (Å²) in [4.78, 5) is 0. The zero-order valence-electron chi connectivity index (χ0n) is 11.1. The second-order valence-electron chi connectivity index (χ2n) is 4.49. The van der Waals surface area contributed by atoms with Crippen molar-refractivity contribution in [1.82, 2.24) is 0 Å². The molecule has 0 bridgehead atoms. The van der Waals surface area contributed by atoms with Crippen LogP contribution in [0.25, 0.3) is 11.0 Å². The van der Waals surface area contributed by atoms with Crippen LogP contribution in [0.15, 0.2) is 52.9 Å². The average Bonchev–Trinajstić information content (AvgIpc) is 2.88. The number of aromatic hydroxyl groups is 1. The van der Waals surface area contributed by atoms with Crippen LogP contribution in [0, 0.1) is 0 Å². The van der Waals surface area contributed by atoms with E-state index in [9.17, 15) is 5.11 Å². The predicted molar refractivity (Wildman–Crippen MR) is 78.2 cm³/mol. The molecule has 0 unspecified atom stereocenters. The highest BCUT2D eigenvalue weighted by Crippen LogP contribution is 2.29. The molecule has 0 aliphatic carbocycles. The Balaban J connectivity index is 1.74. The molecule has 2 aromatic carbocycles. The number of ether oxygens (including phenoxy) is 1. The van der Waals surface area contributed by atoms with E-state index in [2.05, 4.69) is 5.32 Å². The lowest BCUT2D eigenvalue weighted by Crippen LogP contribution is -1.98. The van der Waals surface area contributed by atoms with E-state index in [0.717, 1.165) is 22.4 Å². The summed E-state index contributed by atoms with van der Waals surface area (Å²) >= 11 is 0. The SMILES string of the molecule is COc1ccc(NCc2cc3ccccc3o2)cc1O. The standard InChI is InChI=1S/C16H15NO3/c1-19-16-7-6-12(9-14(16)18)17-10-13-8-11-4-2-3-5-15(11)20-13/h2-9,17-18H,10H2,1H3. The van der Waals surface area contributed by atoms with Gasteiger partial charge in [0.2, 0.25) is 0 Å². The smallest absolute Gasteiger partial charge is 0.160 e. The summed E-state index contributed by atoms with van der Waals surface area (Å²) in [6, 6.07) is 15.1. The van der Waals surface area contributed by atoms with Crippen LogP contribution in [-0.2, 0) is 6.54 Å². The highest BCUT2D eigenvalue weighted by molar-refractivity contribution is 5.77. The molecule has 0 saturated heterocycles. The van der Waals surface area contributed by atoms with Crippen LogP contribution in [0.3, 0.4) is 0 Å². The third-order valence-corrected chi connectivity index (χ3v) is 3.12. The Morgan fingerprint density at radius 3 is 2.75 bits per heavy atom. The molecule has 1 heterocycles. The van der Waals surface area contributed by atoms with Crippen molar-refractivity contribution < 1.29 is 14.3 Å². The molecular formula is C16H15NO3. The van der Waals surface area contributed by atoms with Crippen molar-refractivity contribution in [2.24, 2.45) is 0 Å². The van der Waals surface area contributed by atoms with E-state index in [1.807, 2.05) is 36.4 Å². The van der Waals surface area contributed by atoms with Gasteiger partial charge < -0.3 is 19.6 Å². The van der Waals surface area contributed by atoms with E-state index < -0.39 is 0 Å². The second kappa shape index (κ2) is 5.17. The summed E-state index contributed by atoms with van der Waals surface area (Å²) in [5, 5.41) is 14.0. The van der Waals surface area contributed by atoms with Gasteiger partial charge in [-0.05, 0) is 24.3 Å². The normalized spacial score (nSPS) is 10.7. The van der Waals surface area contributed by atoms with E-state index in [-0.39, 0.29) is 5.75 Å². The van der Waals surface area contributed by atoms with Crippen molar-refractivity contribution in [2.75, 3.05) is 12.4 Å². The second-order valence-corrected chi connectivity index (χ2v) is 4.49. The summed E-state index contributed by atoms with van der Waals surface area (Å²) in [5.41, 5.74) is 1.69. The number of rotatable bonds is 4. The predicted octanol–water partition coefficient (Wildman–Crippen LogP) is 3.76. The number of methoxy groups -OCH3 is 1. The van der Waals surface area contributed by atoms with E-state index in [4.69, 9.17) is 9.15 Å². The molecule has 0 atom stereocenters. The van der Waals surface area contributed by atoms with Gasteiger partial charge in [-0.15, -0.1) is 0 Å². The Kier molecular flexibility index (Phi) is 3.21. The largest absolute Gasteiger partial charge is 0.504 e. The van der Waals surface area contributed by atoms with Crippen LogP contribution < -0.4 is 10.1 Å². The molecule has 0 amide bonds. The first kappa shape index (κ1) is 12.4. The molecule has 0 spiro atoms. The Morgan fingerprint density at radius 2 is 2.00 bits per heavy atom. The Hall–Kier alpha value is -2.62. The van der Waals surface area contributed by atoms with E-state index >= 15 is 0 Å². The van der Waals surface area contributed by atoms with Gasteiger partial charge in [0.15, 0.2) is 11.5 Å². The number of para-hydroxylation sites is 1. The molecule has 3 rings (SSSR count). The zero-order valence-corrected chi connectivity index (χ0v) is 11.1. The number of hydrogen-bond acceptors (Lipinski definition) is 4. The lowest BCUT2D eigenvalue weighted by Gasteiger charge is -2.07. The fraction of sp³-hybridized carbons (Fsp3) is 0.125. The van der Waals surface area contributed by atoms with Crippen molar-refractivity contribution in [3.8, 4) is 11.5 Å². The minimum absolute atomic E-state index is 0.113. The first-order chi connectivity index (χ1) is 9.76. The number of benzene rings is 2. The minimum atomic E-state index is 0.113. The quantitative estimate of drug-likeness (QED) is 0.757. The molecule has 0 saturated carbocycles. The summed E-state index contributed by atoms with van der Waals surface area (Å²) in [7, 11) is 1.52. The zero-order chi connectivity index (χ0) is 13.9. The lowest BCUT2D eigenvalue weighted by molar-refractivity contribution is 0.373. The van der Waals surface area contributed by atoms with Crippen LogP contribution >= 0.6 is 0 Å². The summed E-state index contributed by atoms with van der Waals surface area (Å²) < 4.78 is 10.7. The van der Waals surface area contributed by atoms with Crippen LogP contribution in [0.1, 0.15) is 5.76 Å². The molecule has 3 aromatic rings. The van der Waals surface area contributed by atoms with Gasteiger partial charge in [-0.3, -0.25) is 0 Å². The van der Waals surface area contributed by atoms with E-state index in [1.165, 1.54) is 7.11 Å². The van der Waals surface area contributed by atoms with E-state index in [0.29, 0.717) is 12.3 Å². The molecule has 0 radical (unpaired) electrons. The van der Waals surface area contributed by atoms with Crippen molar-refractivity contribution in [3.05, 3.63) is 54.3 Å². The van der Waals surface area contributed by atoms with Crippen molar-refractivity contribution in [2.45, 2.75) is 6.54 Å². The van der Waals surface area contributed by atoms with Crippen LogP contribution in [-0.4, -0.2) is 12.2 Å². The average molecular weight is 269 g/mol. The number of phenolic OH excluding ortho intramolecular Hbond substituents is 1. The van der Waals surface area contributed by atoms with Crippen molar-refractivity contribution in [3.63, 3.8) is 0 Å². The van der Waals surface area contributed by atoms with E-state index in [1.54, 1.807) is 12.1 Å². The highest BCUT2D eigenvalue weighted by atomic mass is 16.5. The van der Waals surface area contributed by atoms with Crippen LogP contribution in [0.4, 0.5) is 5.69 Å². The fourth-order valence-electron chi connectivity index (χ4n) is 2.11. The monoisotopic (exact) mass is 269 g/mol. The molecule has 4 heteroatoms. The highest BCUT2D eigenvalue weighted by Gasteiger charge is 2.05. The number of nitrogens with one attached hydrogen (secondary N) is 1. The number of anilines is 1. The minimum Gasteiger partial charge on any atom is -0.504 e. The maximum Gasteiger partial charge on any atom is 0.160 e. The summed E-state index contributed by atoms with van der Waals surface area (Å²) in [6.07, 6.45) is 0. The maximum atomic E-state index is 9.71. The van der Waals surface area contributed by atoms with Gasteiger partial charge in [0.1, 0.15) is 11.3 Å². The summed E-state index contributed by atoms with van der Waals surface area (Å²) in [5.74, 6) is 1.42. The molecule has 102 valence electrons. The fourth-order valence-corrected chi connectivity index (χ4v) is 2.11. The Bertz CT molecular complexity index is 700. The molecule has 0 aliphatic heterocycles. The maximum absolute atomic E-state index is 9.71. The van der Waals surface area contributed by atoms with Crippen LogP contribution in [0.2, 0.25) is 0 Å². The lowest BCUT2D eigenvalue weighted by atomic mass is 10.2. The number of furan rings is 1. The third-order valence-electron chi connectivity index (χ3n) is 3.12. The number of hydrogen-bond donors (Lipinski definition) is 2. The Labute approximate surface area is 116 Å². The number of fused-ring (bicyclic) bond motifs is 1. The van der Waals surface area contributed by atoms with Gasteiger partial charge in [-0.2, -0.15) is 0 Å². The first-order valence-electron chi connectivity index (χ1n) is 6.34.